The first-order valence-corrected chi connectivity index (χ1v) is 6.43. The van der Waals surface area contributed by atoms with Gasteiger partial charge in [-0.1, -0.05) is 40.9 Å². The zero-order valence-electron chi connectivity index (χ0n) is 9.68. The maximum Gasteiger partial charge on any atom is 0.261 e. The van der Waals surface area contributed by atoms with E-state index in [1.807, 2.05) is 0 Å². The van der Waals surface area contributed by atoms with Gasteiger partial charge in [-0.05, 0) is 24.3 Å². The van der Waals surface area contributed by atoms with Gasteiger partial charge in [-0.25, -0.2) is 8.78 Å². The molecule has 0 atom stereocenters. The van der Waals surface area contributed by atoms with Crippen molar-refractivity contribution < 1.29 is 13.6 Å². The fraction of sp³-hybridized carbons (Fsp3) is 0. The summed E-state index contributed by atoms with van der Waals surface area (Å²) in [6, 6.07) is 5.79. The first kappa shape index (κ1) is 15.0. The van der Waals surface area contributed by atoms with E-state index in [1.165, 1.54) is 12.1 Å². The lowest BCUT2D eigenvalue weighted by Gasteiger charge is -2.09. The van der Waals surface area contributed by atoms with E-state index < -0.39 is 23.1 Å². The number of halogens is 5. The molecule has 0 heterocycles. The summed E-state index contributed by atoms with van der Waals surface area (Å²) in [6.07, 6.45) is 0. The molecule has 1 amide bonds. The first-order chi connectivity index (χ1) is 9.40. The van der Waals surface area contributed by atoms with E-state index in [0.717, 1.165) is 18.2 Å². The van der Waals surface area contributed by atoms with Crippen LogP contribution in [-0.2, 0) is 0 Å². The van der Waals surface area contributed by atoms with Gasteiger partial charge in [0.25, 0.3) is 5.91 Å². The largest absolute Gasteiger partial charge is 0.322 e. The quantitative estimate of drug-likeness (QED) is 0.752. The lowest BCUT2D eigenvalue weighted by molar-refractivity contribution is 0.101. The van der Waals surface area contributed by atoms with E-state index >= 15 is 0 Å². The van der Waals surface area contributed by atoms with Crippen LogP contribution in [0.15, 0.2) is 30.3 Å². The van der Waals surface area contributed by atoms with Crippen molar-refractivity contribution in [3.05, 3.63) is 62.6 Å². The van der Waals surface area contributed by atoms with Crippen molar-refractivity contribution in [2.24, 2.45) is 0 Å². The SMILES string of the molecule is O=C(Nc1cc(Cl)c(Cl)c(Cl)c1)c1c(F)cccc1F. The van der Waals surface area contributed by atoms with Crippen LogP contribution in [0.25, 0.3) is 0 Å². The normalized spacial score (nSPS) is 10.4. The fourth-order valence-corrected chi connectivity index (χ4v) is 2.13. The molecule has 1 N–H and O–H groups in total. The molecular formula is C13H6Cl3F2NO. The van der Waals surface area contributed by atoms with Crippen LogP contribution < -0.4 is 5.32 Å². The molecule has 2 nitrogen and oxygen atoms in total. The number of benzene rings is 2. The average molecular weight is 337 g/mol. The van der Waals surface area contributed by atoms with Crippen molar-refractivity contribution in [2.75, 3.05) is 5.32 Å². The summed E-state index contributed by atoms with van der Waals surface area (Å²) < 4.78 is 26.9. The van der Waals surface area contributed by atoms with Gasteiger partial charge in [-0.15, -0.1) is 0 Å². The topological polar surface area (TPSA) is 29.1 Å². The summed E-state index contributed by atoms with van der Waals surface area (Å²) >= 11 is 17.3. The van der Waals surface area contributed by atoms with Crippen molar-refractivity contribution >= 4 is 46.4 Å². The molecule has 0 saturated carbocycles. The van der Waals surface area contributed by atoms with Gasteiger partial charge in [0, 0.05) is 5.69 Å². The van der Waals surface area contributed by atoms with Crippen molar-refractivity contribution in [1.82, 2.24) is 0 Å². The van der Waals surface area contributed by atoms with Crippen LogP contribution in [0.4, 0.5) is 14.5 Å². The number of rotatable bonds is 2. The van der Waals surface area contributed by atoms with Crippen LogP contribution in [0.3, 0.4) is 0 Å². The third-order valence-electron chi connectivity index (χ3n) is 2.43. The molecule has 0 aliphatic rings. The highest BCUT2D eigenvalue weighted by molar-refractivity contribution is 6.48. The van der Waals surface area contributed by atoms with Crippen molar-refractivity contribution in [2.45, 2.75) is 0 Å². The zero-order valence-corrected chi connectivity index (χ0v) is 12.0. The minimum atomic E-state index is -0.964. The number of carbonyl (C=O) groups excluding carboxylic acids is 1. The molecule has 0 aliphatic heterocycles. The smallest absolute Gasteiger partial charge is 0.261 e. The molecule has 0 fully saturated rings. The number of amides is 1. The number of anilines is 1. The molecular weight excluding hydrogens is 331 g/mol. The Labute approximate surface area is 128 Å². The summed E-state index contributed by atoms with van der Waals surface area (Å²) in [5.74, 6) is -2.88. The van der Waals surface area contributed by atoms with Gasteiger partial charge in [0.1, 0.15) is 17.2 Å². The molecule has 0 saturated heterocycles. The van der Waals surface area contributed by atoms with Gasteiger partial charge in [0.2, 0.25) is 0 Å². The van der Waals surface area contributed by atoms with Gasteiger partial charge < -0.3 is 5.32 Å². The second-order valence-corrected chi connectivity index (χ2v) is 5.00. The molecule has 104 valence electrons. The Balaban J connectivity index is 2.33. The molecule has 0 aromatic heterocycles. The summed E-state index contributed by atoms with van der Waals surface area (Å²) in [4.78, 5) is 11.9. The second kappa shape index (κ2) is 5.95. The van der Waals surface area contributed by atoms with Crippen LogP contribution in [0.5, 0.6) is 0 Å². The average Bonchev–Trinajstić information content (AvgIpc) is 2.35. The van der Waals surface area contributed by atoms with E-state index in [9.17, 15) is 13.6 Å². The van der Waals surface area contributed by atoms with Gasteiger partial charge in [-0.3, -0.25) is 4.79 Å². The minimum absolute atomic E-state index is 0.114. The van der Waals surface area contributed by atoms with Crippen LogP contribution in [-0.4, -0.2) is 5.91 Å². The Hall–Kier alpha value is -1.36. The Morgan fingerprint density at radius 1 is 1.00 bits per heavy atom. The third kappa shape index (κ3) is 3.03. The predicted molar refractivity (Wildman–Crippen MR) is 75.8 cm³/mol. The lowest BCUT2D eigenvalue weighted by atomic mass is 10.2. The Morgan fingerprint density at radius 2 is 1.50 bits per heavy atom. The molecule has 0 bridgehead atoms. The maximum atomic E-state index is 13.5. The number of nitrogens with one attached hydrogen (secondary N) is 1. The third-order valence-corrected chi connectivity index (χ3v) is 3.63. The molecule has 2 rings (SSSR count). The first-order valence-electron chi connectivity index (χ1n) is 5.30. The molecule has 2 aromatic carbocycles. The Bertz CT molecular complexity index is 648. The van der Waals surface area contributed by atoms with E-state index in [1.54, 1.807) is 0 Å². The van der Waals surface area contributed by atoms with E-state index in [-0.39, 0.29) is 20.8 Å². The van der Waals surface area contributed by atoms with Gasteiger partial charge >= 0.3 is 0 Å². The summed E-state index contributed by atoms with van der Waals surface area (Å²) in [7, 11) is 0. The van der Waals surface area contributed by atoms with E-state index in [2.05, 4.69) is 5.32 Å². The molecule has 7 heteroatoms. The molecule has 0 unspecified atom stereocenters. The molecule has 2 aromatic rings. The minimum Gasteiger partial charge on any atom is -0.322 e. The summed E-state index contributed by atoms with van der Waals surface area (Å²) in [5, 5.41) is 2.66. The van der Waals surface area contributed by atoms with E-state index in [4.69, 9.17) is 34.8 Å². The van der Waals surface area contributed by atoms with Crippen LogP contribution in [0, 0.1) is 11.6 Å². The molecule has 20 heavy (non-hydrogen) atoms. The van der Waals surface area contributed by atoms with Crippen LogP contribution >= 0.6 is 34.8 Å². The van der Waals surface area contributed by atoms with Gasteiger partial charge in [0.05, 0.1) is 15.1 Å². The standard InChI is InChI=1S/C13H6Cl3F2NO/c14-7-4-6(5-8(15)12(7)16)19-13(20)11-9(17)2-1-3-10(11)18/h1-5H,(H,19,20). The highest BCUT2D eigenvalue weighted by Gasteiger charge is 2.17. The van der Waals surface area contributed by atoms with E-state index in [0.29, 0.717) is 0 Å². The van der Waals surface area contributed by atoms with Crippen LogP contribution in [0.2, 0.25) is 15.1 Å². The van der Waals surface area contributed by atoms with Crippen LogP contribution in [0.1, 0.15) is 10.4 Å². The predicted octanol–water partition coefficient (Wildman–Crippen LogP) is 5.18. The number of carbonyl (C=O) groups is 1. The number of hydrogen-bond acceptors (Lipinski definition) is 1. The molecule has 0 aliphatic carbocycles. The second-order valence-electron chi connectivity index (χ2n) is 3.80. The molecule has 0 spiro atoms. The zero-order chi connectivity index (χ0) is 14.9. The van der Waals surface area contributed by atoms with Crippen molar-refractivity contribution in [1.29, 1.82) is 0 Å². The monoisotopic (exact) mass is 335 g/mol. The number of hydrogen-bond donors (Lipinski definition) is 1. The van der Waals surface area contributed by atoms with Gasteiger partial charge in [-0.2, -0.15) is 0 Å². The van der Waals surface area contributed by atoms with Crippen molar-refractivity contribution in [3.8, 4) is 0 Å². The highest BCUT2D eigenvalue weighted by Crippen LogP contribution is 2.33. The maximum absolute atomic E-state index is 13.5. The highest BCUT2D eigenvalue weighted by atomic mass is 35.5. The summed E-state index contributed by atoms with van der Waals surface area (Å²) in [6.45, 7) is 0. The summed E-state index contributed by atoms with van der Waals surface area (Å²) in [5.41, 5.74) is -0.508. The van der Waals surface area contributed by atoms with Gasteiger partial charge in [0.15, 0.2) is 0 Å². The lowest BCUT2D eigenvalue weighted by Crippen LogP contribution is -2.15. The Morgan fingerprint density at radius 3 is 2.00 bits per heavy atom. The fourth-order valence-electron chi connectivity index (χ4n) is 1.54. The Kier molecular flexibility index (Phi) is 4.48. The molecule has 0 radical (unpaired) electrons. The van der Waals surface area contributed by atoms with Crippen molar-refractivity contribution in [3.63, 3.8) is 0 Å².